The van der Waals surface area contributed by atoms with Crippen LogP contribution < -0.4 is 30.7 Å². The molecule has 4 aliphatic carbocycles. The van der Waals surface area contributed by atoms with Gasteiger partial charge in [-0.2, -0.15) is 22.8 Å². The SMILES string of the molecule is C1CCC(NC2CCCCC2)CC1.C=CC(F)(F)c1nc2ccccc2nc1O[C@H]1CN[C@H](C(=O)OC)C1.C=CCO[C@@H]1CCC[C@H]1OC(=O)N[C@H](C(=O)N1C[C@H](Oc2nc3ccccc3nc2C(F)(F)C=C)C[C@H]1C(=O)OC)C(C)(C)C.C=CCO[C@@H]1CCC[C@H]1OC(=O)N[C@H](C(=O)O)C(C)(C)C.CC#N.Cl. The summed E-state index contributed by atoms with van der Waals surface area (Å²) < 4.78 is 102. The van der Waals surface area contributed by atoms with Crippen LogP contribution in [0.3, 0.4) is 0 Å². The molecular formula is C78H109ClF4N10O15. The lowest BCUT2D eigenvalue weighted by molar-refractivity contribution is -0.152. The topological polar surface area (TPSA) is 323 Å². The molecule has 10 atom stereocenters. The van der Waals surface area contributed by atoms with Crippen LogP contribution in [0.15, 0.2) is 99.2 Å². The van der Waals surface area contributed by atoms with Gasteiger partial charge in [-0.05, 0) is 111 Å². The second kappa shape index (κ2) is 43.0. The van der Waals surface area contributed by atoms with E-state index < -0.39 is 118 Å². The van der Waals surface area contributed by atoms with Crippen molar-refractivity contribution < 1.29 is 89.3 Å². The summed E-state index contributed by atoms with van der Waals surface area (Å²) in [6.45, 7) is 26.4. The van der Waals surface area contributed by atoms with Gasteiger partial charge < -0.3 is 69.2 Å². The van der Waals surface area contributed by atoms with E-state index in [1.54, 1.807) is 108 Å². The predicted molar refractivity (Wildman–Crippen MR) is 401 cm³/mol. The Bertz CT molecular complexity index is 3660. The van der Waals surface area contributed by atoms with E-state index in [-0.39, 0.29) is 55.1 Å². The normalized spacial score (nSPS) is 22.1. The highest BCUT2D eigenvalue weighted by Crippen LogP contribution is 2.39. The molecule has 2 aliphatic heterocycles. The summed E-state index contributed by atoms with van der Waals surface area (Å²) >= 11 is 0. The van der Waals surface area contributed by atoms with Crippen molar-refractivity contribution in [1.29, 1.82) is 5.26 Å². The van der Waals surface area contributed by atoms with Crippen LogP contribution in [0, 0.1) is 22.2 Å². The number of amides is 3. The Kier molecular flexibility index (Phi) is 35.9. The zero-order chi connectivity index (χ0) is 78.7. The number of alkyl carbamates (subject to hydrolysis) is 2. The second-order valence-corrected chi connectivity index (χ2v) is 29.2. The summed E-state index contributed by atoms with van der Waals surface area (Å²) in [5.74, 6) is -10.5. The number of aliphatic carboxylic acids is 1. The first-order valence-corrected chi connectivity index (χ1v) is 36.6. The van der Waals surface area contributed by atoms with E-state index in [1.165, 1.54) is 90.3 Å². The maximum atomic E-state index is 14.9. The minimum absolute atomic E-state index is 0. The van der Waals surface area contributed by atoms with Crippen LogP contribution >= 0.6 is 12.4 Å². The van der Waals surface area contributed by atoms with Gasteiger partial charge in [0, 0.05) is 38.4 Å². The Hall–Kier alpha value is -8.56. The molecule has 6 aliphatic rings. The molecule has 0 spiro atoms. The average Bonchev–Trinajstić information content (AvgIpc) is 1.18. The number of ether oxygens (including phenoxy) is 8. The number of hydrogen-bond acceptors (Lipinski definition) is 21. The Morgan fingerprint density at radius 2 is 1.00 bits per heavy atom. The number of carbonyl (C=O) groups is 6. The zero-order valence-electron chi connectivity index (χ0n) is 63.5. The van der Waals surface area contributed by atoms with Gasteiger partial charge in [-0.1, -0.05) is 130 Å². The first-order chi connectivity index (χ1) is 50.8. The van der Waals surface area contributed by atoms with Crippen molar-refractivity contribution >= 4 is 70.5 Å². The van der Waals surface area contributed by atoms with E-state index >= 15 is 0 Å². The minimum atomic E-state index is -3.57. The molecule has 2 saturated heterocycles. The van der Waals surface area contributed by atoms with Gasteiger partial charge in [-0.15, -0.1) is 25.6 Å². The third kappa shape index (κ3) is 26.6. The number of likely N-dealkylation sites (tertiary alicyclic amines) is 1. The van der Waals surface area contributed by atoms with Gasteiger partial charge in [-0.3, -0.25) is 9.59 Å². The van der Waals surface area contributed by atoms with Crippen molar-refractivity contribution in [2.24, 2.45) is 10.8 Å². The van der Waals surface area contributed by atoms with Crippen LogP contribution in [0.4, 0.5) is 27.2 Å². The molecule has 2 aromatic heterocycles. The van der Waals surface area contributed by atoms with Crippen molar-refractivity contribution in [2.75, 3.05) is 40.5 Å². The van der Waals surface area contributed by atoms with E-state index in [1.807, 2.05) is 0 Å². The van der Waals surface area contributed by atoms with Crippen LogP contribution in [-0.2, 0) is 59.4 Å². The largest absolute Gasteiger partial charge is 0.480 e. The van der Waals surface area contributed by atoms with Crippen molar-refractivity contribution in [3.05, 3.63) is 111 Å². The summed E-state index contributed by atoms with van der Waals surface area (Å²) in [6, 6.07) is 12.9. The zero-order valence-corrected chi connectivity index (χ0v) is 64.3. The number of fused-ring (bicyclic) bond motifs is 2. The number of halogens is 5. The number of methoxy groups -OCH3 is 2. The lowest BCUT2D eigenvalue weighted by Gasteiger charge is -2.35. The Morgan fingerprint density at radius 1 is 0.602 bits per heavy atom. The maximum Gasteiger partial charge on any atom is 0.408 e. The molecule has 4 heterocycles. The van der Waals surface area contributed by atoms with Gasteiger partial charge in [0.2, 0.25) is 17.7 Å². The number of carboxylic acids is 1. The van der Waals surface area contributed by atoms with Gasteiger partial charge in [-0.25, -0.2) is 39.1 Å². The number of nitriles is 1. The van der Waals surface area contributed by atoms with Gasteiger partial charge >= 0.3 is 41.9 Å². The summed E-state index contributed by atoms with van der Waals surface area (Å²) in [5, 5.41) is 28.4. The summed E-state index contributed by atoms with van der Waals surface area (Å²) in [7, 11) is 2.47. The molecule has 3 amide bonds. The molecule has 108 heavy (non-hydrogen) atoms. The lowest BCUT2D eigenvalue weighted by Crippen LogP contribution is -2.57. The molecule has 0 radical (unpaired) electrons. The van der Waals surface area contributed by atoms with E-state index in [0.29, 0.717) is 61.3 Å². The van der Waals surface area contributed by atoms with Crippen molar-refractivity contribution in [3.8, 4) is 17.8 Å². The number of para-hydroxylation sites is 4. The number of nitrogens with one attached hydrogen (secondary N) is 4. The first-order valence-electron chi connectivity index (χ1n) is 36.6. The molecule has 4 saturated carbocycles. The average molecular weight is 1540 g/mol. The van der Waals surface area contributed by atoms with E-state index in [4.69, 9.17) is 38.4 Å². The van der Waals surface area contributed by atoms with E-state index in [0.717, 1.165) is 44.2 Å². The highest BCUT2D eigenvalue weighted by Gasteiger charge is 2.48. The monoisotopic (exact) mass is 1540 g/mol. The number of aromatic nitrogens is 4. The molecule has 6 fully saturated rings. The smallest absolute Gasteiger partial charge is 0.408 e. The second-order valence-electron chi connectivity index (χ2n) is 29.2. The van der Waals surface area contributed by atoms with Crippen molar-refractivity contribution in [3.63, 3.8) is 0 Å². The van der Waals surface area contributed by atoms with Gasteiger partial charge in [0.05, 0.1) is 74.3 Å². The Labute approximate surface area is 636 Å². The molecule has 0 bridgehead atoms. The number of carboxylic acid groups (broad SMARTS) is 1. The third-order valence-electron chi connectivity index (χ3n) is 19.0. The Morgan fingerprint density at radius 3 is 1.39 bits per heavy atom. The van der Waals surface area contributed by atoms with Crippen molar-refractivity contribution in [1.82, 2.24) is 46.1 Å². The fraction of sp³-hybridized carbons (Fsp3) is 0.603. The third-order valence-corrected chi connectivity index (χ3v) is 19.0. The number of esters is 2. The Balaban J connectivity index is 0.000000279. The predicted octanol–water partition coefficient (Wildman–Crippen LogP) is 13.4. The number of benzene rings is 2. The maximum absolute atomic E-state index is 14.9. The fourth-order valence-corrected chi connectivity index (χ4v) is 13.4. The molecule has 25 nitrogen and oxygen atoms in total. The molecule has 4 aromatic rings. The summed E-state index contributed by atoms with van der Waals surface area (Å²) in [4.78, 5) is 92.4. The van der Waals surface area contributed by atoms with Crippen LogP contribution in [-0.4, -0.2) is 179 Å². The van der Waals surface area contributed by atoms with Crippen molar-refractivity contribution in [2.45, 2.75) is 249 Å². The number of rotatable bonds is 24. The van der Waals surface area contributed by atoms with Crippen LogP contribution in [0.1, 0.15) is 175 Å². The fourth-order valence-electron chi connectivity index (χ4n) is 13.4. The highest BCUT2D eigenvalue weighted by molar-refractivity contribution is 5.91. The van der Waals surface area contributed by atoms with Crippen LogP contribution in [0.5, 0.6) is 11.8 Å². The molecule has 10 rings (SSSR count). The van der Waals surface area contributed by atoms with E-state index in [2.05, 4.69) is 72.3 Å². The van der Waals surface area contributed by atoms with Crippen LogP contribution in [0.25, 0.3) is 22.1 Å². The molecule has 2 aromatic carbocycles. The lowest BCUT2D eigenvalue weighted by atomic mass is 9.85. The van der Waals surface area contributed by atoms with Gasteiger partial charge in [0.25, 0.3) is 0 Å². The molecular weight excluding hydrogens is 1430 g/mol. The van der Waals surface area contributed by atoms with E-state index in [9.17, 15) is 51.4 Å². The summed E-state index contributed by atoms with van der Waals surface area (Å²) in [5.41, 5.74) is -1.41. The number of hydrogen-bond donors (Lipinski definition) is 5. The first kappa shape index (κ1) is 90.1. The molecule has 30 heteroatoms. The van der Waals surface area contributed by atoms with Crippen LogP contribution in [0.2, 0.25) is 0 Å². The molecule has 596 valence electrons. The number of allylic oxidation sites excluding steroid dienone is 2. The highest BCUT2D eigenvalue weighted by atomic mass is 35.5. The number of nitrogens with zero attached hydrogens (tertiary/aromatic N) is 6. The number of alkyl halides is 4. The summed E-state index contributed by atoms with van der Waals surface area (Å²) in [6.07, 6.45) is 19.4. The van der Waals surface area contributed by atoms with Gasteiger partial charge in [0.1, 0.15) is 48.6 Å². The molecule has 0 unspecified atom stereocenters. The number of carbonyl (C=O) groups excluding carboxylic acids is 5. The molecule has 5 N–H and O–H groups in total. The quantitative estimate of drug-likeness (QED) is 0.0188. The van der Waals surface area contributed by atoms with Gasteiger partial charge in [0.15, 0.2) is 11.4 Å². The minimum Gasteiger partial charge on any atom is -0.480 e. The standard InChI is InChI=1S/C32H40F2N4O7.C17H17F2N3O3.C15H25NO5.C12H23N.C2H3N.ClH/c1-7-16-43-23-14-11-15-24(23)45-30(41)37-26(31(3,4)5)28(39)38-18-19(17-22(38)29(40)42-6)44-27-25(32(33,34)8-2)35-20-12-9-10-13-21(20)36-27;1-3-17(18,19)14-15(22-12-7-5-4-6-11(12)21-14)25-10-8-13(20-9-10)16(23)24-2;1-5-9-20-10-7-6-8-11(10)21-14(19)16-12(13(17)18)15(2,3)4;1-3-7-11(8-4-1)13-12-9-5-2-6-10-12;1-2-3;/h7-10,12-13,19,22-24,26H,1-2,11,14-18H2,3-6H3,(H,37,41);3-7,10,13,20H,1,8-9H2,2H3;5,10-12H,1,6-9H2,2-4H3,(H,16,19)(H,17,18);11-13H,1-10H2;1H3;1H/t19-,22+,23-,24-,26-;10-,13+;10-,11-,12-;;;/m111.../s1.